The average molecular weight is 1340 g/mol. The van der Waals surface area contributed by atoms with Crippen molar-refractivity contribution < 1.29 is 30.3 Å². The third-order valence-electron chi connectivity index (χ3n) is 13.9. The number of rotatable bonds is 17. The van der Waals surface area contributed by atoms with E-state index in [2.05, 4.69) is 371 Å². The maximum absolute atomic E-state index is 10.4. The smallest absolute Gasteiger partial charge is 0 e. The van der Waals surface area contributed by atoms with Crippen LogP contribution in [0.1, 0.15) is 39.5 Å². The number of hydrogen-bond acceptors (Lipinski definition) is 1. The van der Waals surface area contributed by atoms with E-state index in [1.165, 1.54) is 63.7 Å². The molecular formula is C80H77KO2P4Pd. The van der Waals surface area contributed by atoms with Crippen molar-refractivity contribution in [3.05, 3.63) is 364 Å². The van der Waals surface area contributed by atoms with Crippen LogP contribution in [-0.4, -0.2) is 62.5 Å². The third kappa shape index (κ3) is 22.9. The minimum absolute atomic E-state index is 0. The molecule has 1 atom stereocenters. The molecule has 0 aliphatic rings. The van der Waals surface area contributed by atoms with Gasteiger partial charge in [-0.1, -0.05) is 391 Å². The molecule has 0 aromatic heterocycles. The van der Waals surface area contributed by atoms with Crippen LogP contribution < -0.4 is 63.7 Å². The standard InChI is InChI=1S/4C18H15P.C8H16O2.K.Pd.H/c4*1-4-10-16(11-5-1)19(17-12-6-2-7-13-17)18-14-8-3-9-15-18;1-3-5-6-7(4-2)8(9)10;;;/h4*1-15H;7H,3-6H2,1-2H3,(H,9,10);;;. The summed E-state index contributed by atoms with van der Waals surface area (Å²) >= 11 is 0. The number of benzene rings is 12. The second-order valence-electron chi connectivity index (χ2n) is 20.0. The molecule has 12 aromatic carbocycles. The van der Waals surface area contributed by atoms with Gasteiger partial charge in [0.1, 0.15) is 0 Å². The van der Waals surface area contributed by atoms with Crippen LogP contribution in [0, 0.1) is 5.92 Å². The van der Waals surface area contributed by atoms with Crippen LogP contribution in [-0.2, 0) is 25.2 Å². The molecule has 0 amide bonds. The second-order valence-corrected chi connectivity index (χ2v) is 28.8. The van der Waals surface area contributed by atoms with Crippen molar-refractivity contribution in [2.45, 2.75) is 39.5 Å². The van der Waals surface area contributed by atoms with Crippen molar-refractivity contribution >= 4 is 153 Å². The first-order chi connectivity index (χ1) is 42.5. The Morgan fingerprint density at radius 1 is 0.273 bits per heavy atom. The maximum Gasteiger partial charge on any atom is 0 e. The third-order valence-corrected chi connectivity index (χ3v) is 23.7. The summed E-state index contributed by atoms with van der Waals surface area (Å²) in [5, 5.41) is 25.4. The fourth-order valence-electron chi connectivity index (χ4n) is 9.67. The van der Waals surface area contributed by atoms with E-state index >= 15 is 0 Å². The van der Waals surface area contributed by atoms with Gasteiger partial charge in [0.25, 0.3) is 0 Å². The Kier molecular flexibility index (Phi) is 33.5. The summed E-state index contributed by atoms with van der Waals surface area (Å²) in [6, 6.07) is 129. The van der Waals surface area contributed by atoms with Crippen molar-refractivity contribution in [2.24, 2.45) is 5.92 Å². The average Bonchev–Trinajstić information content (AvgIpc) is 3.69. The van der Waals surface area contributed by atoms with Crippen LogP contribution in [0.2, 0.25) is 0 Å². The number of hydrogen-bond donors (Lipinski definition) is 1. The molecular weight excluding hydrogens is 1260 g/mol. The molecule has 12 rings (SSSR count). The largest absolute Gasteiger partial charge is 0.0622 e. The van der Waals surface area contributed by atoms with Crippen LogP contribution in [0.15, 0.2) is 364 Å². The van der Waals surface area contributed by atoms with E-state index in [9.17, 15) is 4.79 Å². The maximum atomic E-state index is 10.4. The number of unbranched alkanes of at least 4 members (excludes halogenated alkanes) is 1. The Balaban J connectivity index is 0.000000177. The molecule has 2 nitrogen and oxygen atoms in total. The Labute approximate surface area is 586 Å². The number of aliphatic carboxylic acids is 1. The van der Waals surface area contributed by atoms with Crippen LogP contribution in [0.3, 0.4) is 0 Å². The van der Waals surface area contributed by atoms with E-state index in [1.54, 1.807) is 0 Å². The SMILES string of the molecule is CCCCC(CC)C(=O)O.[KH].[Pd].c1ccc(P(c2ccccc2)c2ccccc2)cc1.c1ccc(P(c2ccccc2)c2ccccc2)cc1.c1ccc(P(c2ccccc2)c2ccccc2)cc1.c1ccc(P(c2ccccc2)c2ccccc2)cc1. The molecule has 12 aromatic rings. The first-order valence-corrected chi connectivity index (χ1v) is 34.9. The van der Waals surface area contributed by atoms with Crippen molar-refractivity contribution in [1.29, 1.82) is 0 Å². The summed E-state index contributed by atoms with van der Waals surface area (Å²) in [5.41, 5.74) is 0. The van der Waals surface area contributed by atoms with E-state index in [0.717, 1.165) is 25.7 Å². The molecule has 440 valence electrons. The molecule has 0 saturated carbocycles. The molecule has 88 heavy (non-hydrogen) atoms. The van der Waals surface area contributed by atoms with Crippen LogP contribution >= 0.6 is 31.7 Å². The molecule has 0 spiro atoms. The van der Waals surface area contributed by atoms with Crippen molar-refractivity contribution in [3.63, 3.8) is 0 Å². The summed E-state index contributed by atoms with van der Waals surface area (Å²) in [6.45, 7) is 4.00. The topological polar surface area (TPSA) is 37.3 Å². The summed E-state index contributed by atoms with van der Waals surface area (Å²) in [4.78, 5) is 10.4. The van der Waals surface area contributed by atoms with E-state index in [-0.39, 0.29) is 77.7 Å². The molecule has 8 heteroatoms. The second kappa shape index (κ2) is 41.4. The van der Waals surface area contributed by atoms with Crippen LogP contribution in [0.25, 0.3) is 0 Å². The quantitative estimate of drug-likeness (QED) is 0.0729. The molecule has 0 aliphatic carbocycles. The molecule has 0 bridgehead atoms. The number of carbonyl (C=O) groups is 1. The van der Waals surface area contributed by atoms with Gasteiger partial charge in [-0.2, -0.15) is 0 Å². The van der Waals surface area contributed by atoms with Gasteiger partial charge < -0.3 is 5.11 Å². The fourth-order valence-corrected chi connectivity index (χ4v) is 18.9. The van der Waals surface area contributed by atoms with Crippen molar-refractivity contribution in [1.82, 2.24) is 0 Å². The van der Waals surface area contributed by atoms with Crippen molar-refractivity contribution in [2.75, 3.05) is 0 Å². The van der Waals surface area contributed by atoms with Gasteiger partial charge in [-0.05, 0) is 108 Å². The molecule has 0 radical (unpaired) electrons. The predicted octanol–water partition coefficient (Wildman–Crippen LogP) is 15.4. The molecule has 0 aliphatic heterocycles. The number of carboxylic acid groups (broad SMARTS) is 1. The van der Waals surface area contributed by atoms with Gasteiger partial charge in [-0.3, -0.25) is 4.79 Å². The minimum Gasteiger partial charge on any atom is -0.0622 e. The summed E-state index contributed by atoms with van der Waals surface area (Å²) in [5.74, 6) is -0.754. The van der Waals surface area contributed by atoms with E-state index < -0.39 is 37.7 Å². The van der Waals surface area contributed by atoms with Gasteiger partial charge in [-0.15, -0.1) is 0 Å². The van der Waals surface area contributed by atoms with Crippen LogP contribution in [0.4, 0.5) is 0 Å². The first kappa shape index (κ1) is 71.2. The van der Waals surface area contributed by atoms with Gasteiger partial charge in [-0.25, -0.2) is 0 Å². The Morgan fingerprint density at radius 2 is 0.398 bits per heavy atom. The summed E-state index contributed by atoms with van der Waals surface area (Å²) < 4.78 is 0. The Hall–Kier alpha value is -5.87. The number of carboxylic acids is 1. The fraction of sp³-hybridized carbons (Fsp3) is 0.0875. The van der Waals surface area contributed by atoms with Gasteiger partial charge in [0, 0.05) is 20.4 Å². The van der Waals surface area contributed by atoms with Crippen molar-refractivity contribution in [3.8, 4) is 0 Å². The predicted molar refractivity (Wildman–Crippen MR) is 389 cm³/mol. The van der Waals surface area contributed by atoms with E-state index in [4.69, 9.17) is 5.11 Å². The molecule has 0 saturated heterocycles. The van der Waals surface area contributed by atoms with Gasteiger partial charge in [0.2, 0.25) is 0 Å². The van der Waals surface area contributed by atoms with Gasteiger partial charge in [0.05, 0.1) is 5.92 Å². The van der Waals surface area contributed by atoms with E-state index in [0.29, 0.717) is 0 Å². The first-order valence-electron chi connectivity index (χ1n) is 29.6. The minimum atomic E-state index is -0.643. The molecule has 1 N–H and O–H groups in total. The summed E-state index contributed by atoms with van der Waals surface area (Å²) in [6.07, 6.45) is 3.71. The molecule has 1 unspecified atom stereocenters. The zero-order chi connectivity index (χ0) is 59.6. The van der Waals surface area contributed by atoms with Gasteiger partial charge >= 0.3 is 57.4 Å². The molecule has 0 fully saturated rings. The Morgan fingerprint density at radius 3 is 0.489 bits per heavy atom. The Bertz CT molecular complexity index is 2840. The summed E-state index contributed by atoms with van der Waals surface area (Å²) in [7, 11) is -1.78. The monoisotopic (exact) mass is 1340 g/mol. The van der Waals surface area contributed by atoms with Gasteiger partial charge in [0.15, 0.2) is 0 Å². The zero-order valence-corrected chi connectivity index (χ0v) is 54.6. The molecule has 0 heterocycles. The normalized spacial score (nSPS) is 10.6. The zero-order valence-electron chi connectivity index (χ0n) is 49.5. The van der Waals surface area contributed by atoms with Crippen LogP contribution in [0.5, 0.6) is 0 Å². The van der Waals surface area contributed by atoms with E-state index in [1.807, 2.05) is 6.92 Å².